The highest BCUT2D eigenvalue weighted by Crippen LogP contribution is 2.17. The van der Waals surface area contributed by atoms with Crippen LogP contribution in [0.1, 0.15) is 13.3 Å². The average Bonchev–Trinajstić information content (AvgIpc) is 2.43. The molecular weight excluding hydrogens is 324 g/mol. The number of benzene rings is 1. The molecule has 0 aliphatic carbocycles. The van der Waals surface area contributed by atoms with Gasteiger partial charge in [0.25, 0.3) is 0 Å². The Bertz CT molecular complexity index is 512. The van der Waals surface area contributed by atoms with E-state index in [0.717, 1.165) is 10.2 Å². The second kappa shape index (κ2) is 7.69. The Kier molecular flexibility index (Phi) is 6.24. The van der Waals surface area contributed by atoms with E-state index in [2.05, 4.69) is 21.2 Å². The van der Waals surface area contributed by atoms with Gasteiger partial charge < -0.3 is 10.4 Å². The van der Waals surface area contributed by atoms with Gasteiger partial charge in [-0.2, -0.15) is 0 Å². The summed E-state index contributed by atoms with van der Waals surface area (Å²) in [4.78, 5) is 24.0. The van der Waals surface area contributed by atoms with Crippen LogP contribution < -0.4 is 10.2 Å². The van der Waals surface area contributed by atoms with Crippen molar-refractivity contribution in [3.05, 3.63) is 40.4 Å². The summed E-state index contributed by atoms with van der Waals surface area (Å²) in [5, 5.41) is 11.4. The number of carbonyl (C=O) groups is 2. The van der Waals surface area contributed by atoms with Crippen molar-refractivity contribution in [2.75, 3.05) is 18.5 Å². The third-order valence-corrected chi connectivity index (χ3v) is 3.26. The van der Waals surface area contributed by atoms with Crippen molar-refractivity contribution < 1.29 is 14.7 Å². The van der Waals surface area contributed by atoms with Gasteiger partial charge in [0.1, 0.15) is 0 Å². The van der Waals surface area contributed by atoms with Crippen LogP contribution in [0.15, 0.2) is 40.4 Å². The van der Waals surface area contributed by atoms with E-state index in [0.29, 0.717) is 13.0 Å². The molecule has 5 nitrogen and oxygen atoms in total. The quantitative estimate of drug-likeness (QED) is 0.639. The number of halogens is 1. The molecule has 1 aromatic rings. The van der Waals surface area contributed by atoms with E-state index in [1.54, 1.807) is 13.1 Å². The number of hydrogen-bond acceptors (Lipinski definition) is 2. The lowest BCUT2D eigenvalue weighted by Gasteiger charge is -2.17. The van der Waals surface area contributed by atoms with Gasteiger partial charge in [0, 0.05) is 29.3 Å². The van der Waals surface area contributed by atoms with E-state index in [9.17, 15) is 9.59 Å². The zero-order valence-corrected chi connectivity index (χ0v) is 13.0. The van der Waals surface area contributed by atoms with E-state index < -0.39 is 5.97 Å². The molecule has 0 aliphatic rings. The van der Waals surface area contributed by atoms with Gasteiger partial charge >= 0.3 is 12.0 Å². The summed E-state index contributed by atoms with van der Waals surface area (Å²) >= 11 is 3.33. The zero-order chi connectivity index (χ0) is 15.1. The second-order valence-electron chi connectivity index (χ2n) is 4.25. The van der Waals surface area contributed by atoms with Crippen molar-refractivity contribution in [3.8, 4) is 0 Å². The van der Waals surface area contributed by atoms with Crippen LogP contribution in [0.2, 0.25) is 0 Å². The number of aliphatic carboxylic acids is 1. The zero-order valence-electron chi connectivity index (χ0n) is 11.4. The van der Waals surface area contributed by atoms with Gasteiger partial charge in [-0.25, -0.2) is 9.59 Å². The Labute approximate surface area is 126 Å². The second-order valence-corrected chi connectivity index (χ2v) is 5.16. The minimum absolute atomic E-state index is 0.228. The predicted molar refractivity (Wildman–Crippen MR) is 82.0 cm³/mol. The summed E-state index contributed by atoms with van der Waals surface area (Å²) < 4.78 is 0.948. The van der Waals surface area contributed by atoms with Crippen molar-refractivity contribution >= 4 is 33.6 Å². The lowest BCUT2D eigenvalue weighted by molar-refractivity contribution is -0.132. The fourth-order valence-corrected chi connectivity index (χ4v) is 1.72. The molecule has 0 unspecified atom stereocenters. The molecule has 2 N–H and O–H groups in total. The van der Waals surface area contributed by atoms with Gasteiger partial charge in [-0.3, -0.25) is 4.90 Å². The number of carbonyl (C=O) groups excluding carboxylic acids is 1. The van der Waals surface area contributed by atoms with E-state index in [-0.39, 0.29) is 11.6 Å². The highest BCUT2D eigenvalue weighted by atomic mass is 79.9. The van der Waals surface area contributed by atoms with Crippen LogP contribution >= 0.6 is 15.9 Å². The Hall–Kier alpha value is -1.82. The topological polar surface area (TPSA) is 69.6 Å². The molecular formula is C14H17BrN2O3. The van der Waals surface area contributed by atoms with E-state index in [4.69, 9.17) is 5.11 Å². The van der Waals surface area contributed by atoms with Crippen molar-refractivity contribution in [3.63, 3.8) is 0 Å². The number of carboxylic acids is 1. The summed E-state index contributed by atoms with van der Waals surface area (Å²) in [6.07, 6.45) is 2.07. The molecule has 0 saturated heterocycles. The summed E-state index contributed by atoms with van der Waals surface area (Å²) in [6, 6.07) is 7.15. The molecule has 6 heteroatoms. The summed E-state index contributed by atoms with van der Waals surface area (Å²) in [6.45, 7) is 1.92. The first kappa shape index (κ1) is 16.2. The van der Waals surface area contributed by atoms with E-state index >= 15 is 0 Å². The maximum atomic E-state index is 11.9. The molecule has 0 heterocycles. The molecule has 0 atom stereocenters. The summed E-state index contributed by atoms with van der Waals surface area (Å²) in [5.41, 5.74) is 1.06. The van der Waals surface area contributed by atoms with Crippen molar-refractivity contribution in [2.24, 2.45) is 0 Å². The number of nitrogens with one attached hydrogen (secondary N) is 1. The first-order valence-corrected chi connectivity index (χ1v) is 6.88. The van der Waals surface area contributed by atoms with E-state index in [1.165, 1.54) is 11.8 Å². The molecule has 20 heavy (non-hydrogen) atoms. The fraction of sp³-hybridized carbons (Fsp3) is 0.286. The van der Waals surface area contributed by atoms with Gasteiger partial charge in [-0.15, -0.1) is 0 Å². The third-order valence-electron chi connectivity index (χ3n) is 2.73. The highest BCUT2D eigenvalue weighted by molar-refractivity contribution is 9.10. The number of nitrogens with zero attached hydrogens (tertiary/aromatic N) is 1. The SMILES string of the molecule is CC(=CCCNC(=O)N(C)c1ccc(Br)cc1)C(=O)O. The minimum atomic E-state index is -0.941. The first-order chi connectivity index (χ1) is 9.41. The Morgan fingerprint density at radius 2 is 1.95 bits per heavy atom. The smallest absolute Gasteiger partial charge is 0.330 e. The minimum Gasteiger partial charge on any atom is -0.478 e. The average molecular weight is 341 g/mol. The lowest BCUT2D eigenvalue weighted by Crippen LogP contribution is -2.37. The number of carboxylic acid groups (broad SMARTS) is 1. The van der Waals surface area contributed by atoms with Crippen molar-refractivity contribution in [1.29, 1.82) is 0 Å². The van der Waals surface area contributed by atoms with Crippen LogP contribution in [0.4, 0.5) is 10.5 Å². The Morgan fingerprint density at radius 3 is 2.50 bits per heavy atom. The molecule has 108 valence electrons. The standard InChI is InChI=1S/C14H17BrN2O3/c1-10(13(18)19)4-3-9-16-14(20)17(2)12-7-5-11(15)6-8-12/h4-8H,3,9H2,1-2H3,(H,16,20)(H,18,19). The summed E-state index contributed by atoms with van der Waals surface area (Å²) in [7, 11) is 1.68. The van der Waals surface area contributed by atoms with Crippen LogP contribution in [-0.4, -0.2) is 30.7 Å². The third kappa shape index (κ3) is 5.05. The Balaban J connectivity index is 2.45. The largest absolute Gasteiger partial charge is 0.478 e. The lowest BCUT2D eigenvalue weighted by atomic mass is 10.2. The Morgan fingerprint density at radius 1 is 1.35 bits per heavy atom. The molecule has 0 radical (unpaired) electrons. The molecule has 1 aromatic carbocycles. The van der Waals surface area contributed by atoms with Crippen molar-refractivity contribution in [2.45, 2.75) is 13.3 Å². The molecule has 2 amide bonds. The van der Waals surface area contributed by atoms with Crippen LogP contribution in [-0.2, 0) is 4.79 Å². The van der Waals surface area contributed by atoms with Crippen LogP contribution in [0.5, 0.6) is 0 Å². The number of amides is 2. The first-order valence-electron chi connectivity index (χ1n) is 6.09. The van der Waals surface area contributed by atoms with Gasteiger partial charge in [0.05, 0.1) is 0 Å². The summed E-state index contributed by atoms with van der Waals surface area (Å²) in [5.74, 6) is -0.941. The number of urea groups is 1. The molecule has 1 rings (SSSR count). The van der Waals surface area contributed by atoms with E-state index in [1.807, 2.05) is 24.3 Å². The van der Waals surface area contributed by atoms with Crippen LogP contribution in [0.25, 0.3) is 0 Å². The number of rotatable bonds is 5. The van der Waals surface area contributed by atoms with Crippen LogP contribution in [0, 0.1) is 0 Å². The monoisotopic (exact) mass is 340 g/mol. The van der Waals surface area contributed by atoms with Crippen LogP contribution in [0.3, 0.4) is 0 Å². The molecule has 0 bridgehead atoms. The molecule has 0 aliphatic heterocycles. The van der Waals surface area contributed by atoms with Crippen molar-refractivity contribution in [1.82, 2.24) is 5.32 Å². The van der Waals surface area contributed by atoms with Gasteiger partial charge in [-0.05, 0) is 37.6 Å². The van der Waals surface area contributed by atoms with Gasteiger partial charge in [0.2, 0.25) is 0 Å². The predicted octanol–water partition coefficient (Wildman–Crippen LogP) is 3.02. The molecule has 0 saturated carbocycles. The molecule has 0 spiro atoms. The van der Waals surface area contributed by atoms with Gasteiger partial charge in [-0.1, -0.05) is 22.0 Å². The fourth-order valence-electron chi connectivity index (χ4n) is 1.46. The molecule has 0 fully saturated rings. The number of anilines is 1. The maximum Gasteiger partial charge on any atom is 0.330 e. The van der Waals surface area contributed by atoms with Gasteiger partial charge in [0.15, 0.2) is 0 Å². The molecule has 0 aromatic heterocycles. The normalized spacial score (nSPS) is 11.1. The maximum absolute atomic E-state index is 11.9. The highest BCUT2D eigenvalue weighted by Gasteiger charge is 2.09. The number of hydrogen-bond donors (Lipinski definition) is 2.